The molecule has 0 saturated heterocycles. The van der Waals surface area contributed by atoms with E-state index in [9.17, 15) is 14.4 Å². The zero-order valence-corrected chi connectivity index (χ0v) is 20.0. The smallest absolute Gasteiger partial charge is 0.343 e. The van der Waals surface area contributed by atoms with Crippen LogP contribution in [-0.4, -0.2) is 59.2 Å². The van der Waals surface area contributed by atoms with E-state index in [2.05, 4.69) is 4.98 Å². The van der Waals surface area contributed by atoms with E-state index < -0.39 is 12.1 Å². The van der Waals surface area contributed by atoms with Gasteiger partial charge in [0.05, 0.1) is 13.7 Å². The zero-order valence-electron chi connectivity index (χ0n) is 20.0. The minimum absolute atomic E-state index is 0.126. The number of hydrogen-bond donors (Lipinski definition) is 0. The van der Waals surface area contributed by atoms with Gasteiger partial charge in [0.2, 0.25) is 0 Å². The van der Waals surface area contributed by atoms with Crippen LogP contribution in [0.4, 0.5) is 0 Å². The molecule has 9 heteroatoms. The number of para-hydroxylation sites is 1. The number of esters is 1. The summed E-state index contributed by atoms with van der Waals surface area (Å²) in [5, 5.41) is 0. The predicted molar refractivity (Wildman–Crippen MR) is 130 cm³/mol. The number of carbonyl (C=O) groups excluding carboxylic acids is 2. The molecule has 1 amide bonds. The Morgan fingerprint density at radius 2 is 1.94 bits per heavy atom. The Labute approximate surface area is 208 Å². The number of benzene rings is 1. The van der Waals surface area contributed by atoms with Gasteiger partial charge in [-0.25, -0.2) is 4.79 Å². The second-order valence-electron chi connectivity index (χ2n) is 8.72. The van der Waals surface area contributed by atoms with Crippen molar-refractivity contribution in [3.63, 3.8) is 0 Å². The molecule has 1 aromatic carbocycles. The summed E-state index contributed by atoms with van der Waals surface area (Å²) in [4.78, 5) is 45.0. The number of ether oxygens (including phenoxy) is 3. The summed E-state index contributed by atoms with van der Waals surface area (Å²) in [5.41, 5.74) is 2.29. The fourth-order valence-electron chi connectivity index (χ4n) is 4.74. The number of hydrogen-bond acceptors (Lipinski definition) is 7. The Hall–Kier alpha value is -4.14. The molecule has 4 heterocycles. The molecule has 1 unspecified atom stereocenters. The van der Waals surface area contributed by atoms with Crippen molar-refractivity contribution in [1.29, 1.82) is 0 Å². The predicted octanol–water partition coefficient (Wildman–Crippen LogP) is 2.04. The first kappa shape index (κ1) is 23.6. The summed E-state index contributed by atoms with van der Waals surface area (Å²) in [6.45, 7) is 1.18. The maximum atomic E-state index is 13.3. The van der Waals surface area contributed by atoms with Crippen molar-refractivity contribution in [2.75, 3.05) is 26.8 Å². The third-order valence-corrected chi connectivity index (χ3v) is 6.56. The molecule has 0 bridgehead atoms. The lowest BCUT2D eigenvalue weighted by Gasteiger charge is -2.23. The molecule has 0 spiro atoms. The minimum Gasteiger partial charge on any atom is -0.492 e. The van der Waals surface area contributed by atoms with Crippen LogP contribution in [0.2, 0.25) is 0 Å². The van der Waals surface area contributed by atoms with E-state index in [1.54, 1.807) is 11.1 Å². The molecular formula is C27H27N3O6. The first-order chi connectivity index (χ1) is 17.5. The lowest BCUT2D eigenvalue weighted by Crippen LogP contribution is -2.43. The van der Waals surface area contributed by atoms with E-state index in [1.165, 1.54) is 17.7 Å². The average molecular weight is 490 g/mol. The maximum Gasteiger partial charge on any atom is 0.343 e. The largest absolute Gasteiger partial charge is 0.492 e. The molecule has 9 nitrogen and oxygen atoms in total. The van der Waals surface area contributed by atoms with E-state index in [4.69, 9.17) is 14.2 Å². The van der Waals surface area contributed by atoms with Gasteiger partial charge in [-0.3, -0.25) is 14.6 Å². The number of fused-ring (bicyclic) bond motifs is 2. The fourth-order valence-corrected chi connectivity index (χ4v) is 4.74. The number of nitrogens with zero attached hydrogens (tertiary/aromatic N) is 3. The molecule has 1 atom stereocenters. The summed E-state index contributed by atoms with van der Waals surface area (Å²) in [5.74, 6) is 0.202. The van der Waals surface area contributed by atoms with Gasteiger partial charge in [-0.2, -0.15) is 0 Å². The van der Waals surface area contributed by atoms with Gasteiger partial charge in [-0.05, 0) is 23.8 Å². The van der Waals surface area contributed by atoms with Crippen LogP contribution in [0.25, 0.3) is 0 Å². The van der Waals surface area contributed by atoms with Crippen LogP contribution in [0, 0.1) is 0 Å². The molecule has 3 aromatic rings. The summed E-state index contributed by atoms with van der Waals surface area (Å²) < 4.78 is 18.3. The Morgan fingerprint density at radius 1 is 1.11 bits per heavy atom. The normalized spacial score (nSPS) is 16.4. The quantitative estimate of drug-likeness (QED) is 0.489. The summed E-state index contributed by atoms with van der Waals surface area (Å²) in [6, 6.07) is 14.5. The van der Waals surface area contributed by atoms with Gasteiger partial charge in [0.15, 0.2) is 6.10 Å². The van der Waals surface area contributed by atoms with E-state index >= 15 is 0 Å². The van der Waals surface area contributed by atoms with E-state index in [-0.39, 0.29) is 35.9 Å². The highest BCUT2D eigenvalue weighted by molar-refractivity contribution is 5.93. The molecule has 0 N–H and O–H groups in total. The van der Waals surface area contributed by atoms with Crippen LogP contribution in [0.1, 0.15) is 27.3 Å². The molecule has 2 aromatic heterocycles. The molecule has 0 aliphatic carbocycles. The summed E-state index contributed by atoms with van der Waals surface area (Å²) in [7, 11) is 1.30. The Balaban J connectivity index is 1.35. The van der Waals surface area contributed by atoms with Crippen LogP contribution in [0.3, 0.4) is 0 Å². The molecule has 2 aliphatic rings. The van der Waals surface area contributed by atoms with Gasteiger partial charge in [0.25, 0.3) is 11.5 Å². The SMILES string of the molecule is COC(=O)c1c(OCCc2ccccn2)cc(=O)n2c1CCN(C(=O)C1Cc3ccccc3O1)CC2. The number of aromatic nitrogens is 2. The topological polar surface area (TPSA) is 100.0 Å². The van der Waals surface area contributed by atoms with Crippen LogP contribution >= 0.6 is 0 Å². The van der Waals surface area contributed by atoms with Crippen molar-refractivity contribution in [2.24, 2.45) is 0 Å². The van der Waals surface area contributed by atoms with E-state index in [1.807, 2.05) is 42.5 Å². The summed E-state index contributed by atoms with van der Waals surface area (Å²) >= 11 is 0. The average Bonchev–Trinajstić information content (AvgIpc) is 3.21. The molecule has 186 valence electrons. The van der Waals surface area contributed by atoms with Gasteiger partial charge in [-0.15, -0.1) is 0 Å². The second kappa shape index (κ2) is 10.2. The van der Waals surface area contributed by atoms with Crippen molar-refractivity contribution in [3.05, 3.63) is 87.6 Å². The molecular weight excluding hydrogens is 462 g/mol. The molecule has 2 aliphatic heterocycles. The fraction of sp³-hybridized carbons (Fsp3) is 0.333. The highest BCUT2D eigenvalue weighted by Gasteiger charge is 2.34. The maximum absolute atomic E-state index is 13.3. The number of amides is 1. The lowest BCUT2D eigenvalue weighted by molar-refractivity contribution is -0.137. The van der Waals surface area contributed by atoms with Crippen LogP contribution in [0.15, 0.2) is 59.5 Å². The van der Waals surface area contributed by atoms with Gasteiger partial charge in [0, 0.05) is 62.5 Å². The highest BCUT2D eigenvalue weighted by Crippen LogP contribution is 2.30. The number of pyridine rings is 2. The Kier molecular flexibility index (Phi) is 6.71. The highest BCUT2D eigenvalue weighted by atomic mass is 16.5. The van der Waals surface area contributed by atoms with Crippen molar-refractivity contribution in [3.8, 4) is 11.5 Å². The van der Waals surface area contributed by atoms with Crippen molar-refractivity contribution in [1.82, 2.24) is 14.5 Å². The number of rotatable bonds is 6. The molecule has 36 heavy (non-hydrogen) atoms. The molecule has 0 radical (unpaired) electrons. The molecule has 5 rings (SSSR count). The first-order valence-corrected chi connectivity index (χ1v) is 12.0. The first-order valence-electron chi connectivity index (χ1n) is 12.0. The van der Waals surface area contributed by atoms with Gasteiger partial charge in [0.1, 0.15) is 17.1 Å². The zero-order chi connectivity index (χ0) is 25.1. The van der Waals surface area contributed by atoms with Crippen LogP contribution < -0.4 is 15.0 Å². The van der Waals surface area contributed by atoms with Crippen molar-refractivity contribution in [2.45, 2.75) is 31.9 Å². The van der Waals surface area contributed by atoms with Crippen LogP contribution in [0.5, 0.6) is 11.5 Å². The summed E-state index contributed by atoms with van der Waals surface area (Å²) in [6.07, 6.45) is 2.45. The molecule has 0 fully saturated rings. The Bertz CT molecular complexity index is 1310. The van der Waals surface area contributed by atoms with Gasteiger partial charge < -0.3 is 23.7 Å². The third-order valence-electron chi connectivity index (χ3n) is 6.56. The minimum atomic E-state index is -0.592. The molecule has 0 saturated carbocycles. The van der Waals surface area contributed by atoms with Crippen molar-refractivity contribution >= 4 is 11.9 Å². The lowest BCUT2D eigenvalue weighted by atomic mass is 10.1. The monoisotopic (exact) mass is 489 g/mol. The van der Waals surface area contributed by atoms with Crippen LogP contribution in [-0.2, 0) is 35.3 Å². The second-order valence-corrected chi connectivity index (χ2v) is 8.72. The Morgan fingerprint density at radius 3 is 2.72 bits per heavy atom. The van der Waals surface area contributed by atoms with E-state index in [0.29, 0.717) is 38.0 Å². The van der Waals surface area contributed by atoms with Crippen molar-refractivity contribution < 1.29 is 23.8 Å². The third kappa shape index (κ3) is 4.68. The number of methoxy groups -OCH3 is 1. The van der Waals surface area contributed by atoms with Gasteiger partial charge in [-0.1, -0.05) is 24.3 Å². The standard InChI is InChI=1S/C27H27N3O6/c1-34-27(33)25-20-9-12-29(26(32)23-16-18-6-2-3-8-21(18)36-23)13-14-30(20)24(31)17-22(25)35-15-10-19-7-4-5-11-28-19/h2-8,11,17,23H,9-10,12-16H2,1H3. The number of carbonyl (C=O) groups is 2. The van der Waals surface area contributed by atoms with Gasteiger partial charge >= 0.3 is 5.97 Å². The van der Waals surface area contributed by atoms with E-state index in [0.717, 1.165) is 17.0 Å².